The van der Waals surface area contributed by atoms with Crippen molar-refractivity contribution in [2.45, 2.75) is 33.1 Å². The summed E-state index contributed by atoms with van der Waals surface area (Å²) < 4.78 is 25.5. The van der Waals surface area contributed by atoms with E-state index in [1.807, 2.05) is 20.8 Å². The normalized spacial score (nSPS) is 11.4. The van der Waals surface area contributed by atoms with Gasteiger partial charge in [-0.2, -0.15) is 0 Å². The van der Waals surface area contributed by atoms with Gasteiger partial charge in [-0.25, -0.2) is 4.39 Å². The molecule has 126 valence electrons. The summed E-state index contributed by atoms with van der Waals surface area (Å²) in [7, 11) is 0. The molecule has 0 unspecified atom stereocenters. The topological polar surface area (TPSA) is 55.2 Å². The summed E-state index contributed by atoms with van der Waals surface area (Å²) in [6.45, 7) is 6.42. The van der Waals surface area contributed by atoms with E-state index < -0.39 is 5.82 Å². The lowest BCUT2D eigenvalue weighted by Crippen LogP contribution is -2.14. The van der Waals surface area contributed by atoms with E-state index in [2.05, 4.69) is 4.98 Å². The van der Waals surface area contributed by atoms with E-state index in [1.165, 1.54) is 12.3 Å². The predicted molar refractivity (Wildman–Crippen MR) is 92.1 cm³/mol. The highest BCUT2D eigenvalue weighted by atomic mass is 19.1. The third-order valence-corrected chi connectivity index (χ3v) is 3.91. The maximum absolute atomic E-state index is 14.4. The first-order valence-corrected chi connectivity index (χ1v) is 8.09. The van der Waals surface area contributed by atoms with Crippen molar-refractivity contribution in [3.8, 4) is 17.1 Å². The molecule has 0 amide bonds. The molecule has 2 aromatic heterocycles. The Labute approximate surface area is 139 Å². The summed E-state index contributed by atoms with van der Waals surface area (Å²) >= 11 is 0. The molecule has 0 saturated carbocycles. The Balaban J connectivity index is 2.38. The average molecular weight is 329 g/mol. The predicted octanol–water partition coefficient (Wildman–Crippen LogP) is 4.84. The summed E-state index contributed by atoms with van der Waals surface area (Å²) in [4.78, 5) is 16.2. The zero-order valence-electron chi connectivity index (χ0n) is 14.0. The van der Waals surface area contributed by atoms with Gasteiger partial charge in [-0.3, -0.25) is 4.79 Å². The van der Waals surface area contributed by atoms with Crippen LogP contribution in [0.3, 0.4) is 0 Å². The van der Waals surface area contributed by atoms with E-state index in [9.17, 15) is 9.18 Å². The van der Waals surface area contributed by atoms with Crippen LogP contribution in [0.1, 0.15) is 38.8 Å². The van der Waals surface area contributed by atoms with Gasteiger partial charge in [-0.15, -0.1) is 0 Å². The van der Waals surface area contributed by atoms with Crippen LogP contribution in [0, 0.1) is 5.82 Å². The highest BCUT2D eigenvalue weighted by molar-refractivity contribution is 5.89. The Morgan fingerprint density at radius 1 is 1.29 bits per heavy atom. The maximum atomic E-state index is 14.4. The molecular weight excluding hydrogens is 309 g/mol. The molecular formula is C19H20FNO3. The van der Waals surface area contributed by atoms with Crippen molar-refractivity contribution in [3.05, 3.63) is 52.3 Å². The van der Waals surface area contributed by atoms with E-state index in [1.54, 1.807) is 18.2 Å². The summed E-state index contributed by atoms with van der Waals surface area (Å²) in [6, 6.07) is 6.24. The van der Waals surface area contributed by atoms with Gasteiger partial charge in [-0.05, 0) is 36.6 Å². The second-order valence-electron chi connectivity index (χ2n) is 6.02. The molecule has 0 aliphatic heterocycles. The van der Waals surface area contributed by atoms with E-state index in [0.29, 0.717) is 34.9 Å². The number of rotatable bonds is 5. The number of pyridine rings is 1. The molecule has 2 heterocycles. The maximum Gasteiger partial charge on any atom is 0.203 e. The lowest BCUT2D eigenvalue weighted by Gasteiger charge is -2.15. The van der Waals surface area contributed by atoms with E-state index in [0.717, 1.165) is 6.42 Å². The first kappa shape index (κ1) is 16.3. The van der Waals surface area contributed by atoms with E-state index >= 15 is 0 Å². The molecule has 0 radical (unpaired) electrons. The SMILES string of the molecule is CCCOc1ccc(F)c2c(=O)c(-c3ccco3)c(C(C)C)[nH]c12. The molecule has 4 nitrogen and oxygen atoms in total. The largest absolute Gasteiger partial charge is 0.491 e. The van der Waals surface area contributed by atoms with Gasteiger partial charge in [0, 0.05) is 5.69 Å². The number of benzene rings is 1. The van der Waals surface area contributed by atoms with Gasteiger partial charge in [0.15, 0.2) is 0 Å². The van der Waals surface area contributed by atoms with Crippen LogP contribution in [0.4, 0.5) is 4.39 Å². The number of fused-ring (bicyclic) bond motifs is 1. The fraction of sp³-hybridized carbons (Fsp3) is 0.316. The van der Waals surface area contributed by atoms with Gasteiger partial charge in [-0.1, -0.05) is 20.8 Å². The summed E-state index contributed by atoms with van der Waals surface area (Å²) in [5, 5.41) is -0.000553. The lowest BCUT2D eigenvalue weighted by molar-refractivity contribution is 0.320. The van der Waals surface area contributed by atoms with Crippen molar-refractivity contribution < 1.29 is 13.5 Å². The standard InChI is InChI=1S/C19H20FNO3/c1-4-9-23-14-8-7-12(20)15-18(14)21-17(11(2)3)16(19(15)22)13-6-5-10-24-13/h5-8,10-11H,4,9H2,1-3H3,(H,21,22). The summed E-state index contributed by atoms with van der Waals surface area (Å²) in [5.41, 5.74) is 1.08. The van der Waals surface area contributed by atoms with Crippen LogP contribution in [0.25, 0.3) is 22.2 Å². The minimum atomic E-state index is -0.571. The smallest absolute Gasteiger partial charge is 0.203 e. The first-order valence-electron chi connectivity index (χ1n) is 8.09. The third kappa shape index (κ3) is 2.70. The lowest BCUT2D eigenvalue weighted by atomic mass is 9.98. The minimum absolute atomic E-state index is 0.000553. The van der Waals surface area contributed by atoms with Crippen molar-refractivity contribution in [3.63, 3.8) is 0 Å². The van der Waals surface area contributed by atoms with Gasteiger partial charge in [0.1, 0.15) is 17.3 Å². The van der Waals surface area contributed by atoms with Gasteiger partial charge in [0.2, 0.25) is 5.43 Å². The molecule has 24 heavy (non-hydrogen) atoms. The number of halogens is 1. The zero-order chi connectivity index (χ0) is 17.3. The van der Waals surface area contributed by atoms with Crippen molar-refractivity contribution in [1.82, 2.24) is 4.98 Å². The second-order valence-corrected chi connectivity index (χ2v) is 6.02. The Morgan fingerprint density at radius 3 is 2.71 bits per heavy atom. The third-order valence-electron chi connectivity index (χ3n) is 3.91. The molecule has 0 saturated heterocycles. The molecule has 0 spiro atoms. The van der Waals surface area contributed by atoms with Crippen molar-refractivity contribution in [2.75, 3.05) is 6.61 Å². The zero-order valence-corrected chi connectivity index (χ0v) is 14.0. The molecule has 3 rings (SSSR count). The average Bonchev–Trinajstić information content (AvgIpc) is 3.07. The Kier molecular flexibility index (Phi) is 4.42. The minimum Gasteiger partial charge on any atom is -0.491 e. The van der Waals surface area contributed by atoms with Crippen LogP contribution in [0.5, 0.6) is 5.75 Å². The molecule has 0 aliphatic carbocycles. The van der Waals surface area contributed by atoms with Crippen LogP contribution in [-0.4, -0.2) is 11.6 Å². The molecule has 0 atom stereocenters. The molecule has 1 N–H and O–H groups in total. The van der Waals surface area contributed by atoms with Gasteiger partial charge in [0.05, 0.1) is 29.3 Å². The van der Waals surface area contributed by atoms with E-state index in [-0.39, 0.29) is 16.7 Å². The molecule has 1 aromatic carbocycles. The summed E-state index contributed by atoms with van der Waals surface area (Å²) in [5.74, 6) is 0.377. The highest BCUT2D eigenvalue weighted by Crippen LogP contribution is 2.31. The number of hydrogen-bond donors (Lipinski definition) is 1. The molecule has 0 aliphatic rings. The number of hydrogen-bond acceptors (Lipinski definition) is 3. The second kappa shape index (κ2) is 6.51. The Morgan fingerprint density at radius 2 is 2.08 bits per heavy atom. The van der Waals surface area contributed by atoms with Gasteiger partial charge in [0.25, 0.3) is 0 Å². The molecule has 5 heteroatoms. The van der Waals surface area contributed by atoms with Crippen molar-refractivity contribution >= 4 is 10.9 Å². The van der Waals surface area contributed by atoms with Crippen LogP contribution >= 0.6 is 0 Å². The monoisotopic (exact) mass is 329 g/mol. The highest BCUT2D eigenvalue weighted by Gasteiger charge is 2.22. The fourth-order valence-electron chi connectivity index (χ4n) is 2.78. The van der Waals surface area contributed by atoms with E-state index in [4.69, 9.17) is 9.15 Å². The van der Waals surface area contributed by atoms with Crippen LogP contribution < -0.4 is 10.2 Å². The van der Waals surface area contributed by atoms with Crippen LogP contribution in [-0.2, 0) is 0 Å². The number of nitrogens with one attached hydrogen (secondary N) is 1. The fourth-order valence-corrected chi connectivity index (χ4v) is 2.78. The molecule has 0 bridgehead atoms. The van der Waals surface area contributed by atoms with Gasteiger partial charge < -0.3 is 14.1 Å². The molecule has 0 fully saturated rings. The molecule has 3 aromatic rings. The number of aromatic nitrogens is 1. The Hall–Kier alpha value is -2.56. The Bertz CT molecular complexity index is 910. The number of ether oxygens (including phenoxy) is 1. The summed E-state index contributed by atoms with van der Waals surface area (Å²) in [6.07, 6.45) is 2.32. The van der Waals surface area contributed by atoms with Crippen molar-refractivity contribution in [1.29, 1.82) is 0 Å². The van der Waals surface area contributed by atoms with Crippen molar-refractivity contribution in [2.24, 2.45) is 0 Å². The number of aromatic amines is 1. The quantitative estimate of drug-likeness (QED) is 0.729. The van der Waals surface area contributed by atoms with Gasteiger partial charge >= 0.3 is 0 Å². The number of furan rings is 1. The first-order chi connectivity index (χ1) is 11.5. The van der Waals surface area contributed by atoms with Crippen LogP contribution in [0.15, 0.2) is 39.7 Å². The number of H-pyrrole nitrogens is 1. The van der Waals surface area contributed by atoms with Crippen LogP contribution in [0.2, 0.25) is 0 Å².